The topological polar surface area (TPSA) is 97.4 Å². The number of hydrogen-bond donors (Lipinski definition) is 1. The van der Waals surface area contributed by atoms with E-state index in [-0.39, 0.29) is 11.4 Å². The van der Waals surface area contributed by atoms with E-state index in [1.54, 1.807) is 43.5 Å². The first kappa shape index (κ1) is 24.6. The maximum Gasteiger partial charge on any atom is 0.294 e. The highest BCUT2D eigenvalue weighted by Gasteiger charge is 2.36. The molecule has 35 heavy (non-hydrogen) atoms. The van der Waals surface area contributed by atoms with Crippen molar-refractivity contribution < 1.29 is 28.6 Å². The number of carbonyl (C=O) groups is 3. The third kappa shape index (κ3) is 5.95. The first-order valence-electron chi connectivity index (χ1n) is 11.3. The number of rotatable bonds is 8. The molecule has 9 nitrogen and oxygen atoms in total. The first-order chi connectivity index (χ1) is 17.0. The normalized spacial score (nSPS) is 17.1. The molecular weight excluding hydrogens is 470 g/mol. The van der Waals surface area contributed by atoms with Crippen molar-refractivity contribution in [3.63, 3.8) is 0 Å². The maximum absolute atomic E-state index is 12.8. The number of nitrogens with one attached hydrogen (secondary N) is 1. The second-order valence-corrected chi connectivity index (χ2v) is 8.80. The zero-order valence-corrected chi connectivity index (χ0v) is 20.4. The smallest absolute Gasteiger partial charge is 0.294 e. The number of thioether (sulfide) groups is 1. The lowest BCUT2D eigenvalue weighted by molar-refractivity contribution is -0.127. The van der Waals surface area contributed by atoms with E-state index < -0.39 is 17.1 Å². The number of morpholine rings is 1. The van der Waals surface area contributed by atoms with Crippen molar-refractivity contribution in [2.75, 3.05) is 56.8 Å². The van der Waals surface area contributed by atoms with E-state index in [1.165, 1.54) is 0 Å². The van der Waals surface area contributed by atoms with Crippen LogP contribution >= 0.6 is 11.8 Å². The average molecular weight is 498 g/mol. The van der Waals surface area contributed by atoms with Crippen LogP contribution in [-0.2, 0) is 14.3 Å². The molecule has 2 aliphatic rings. The molecule has 2 saturated heterocycles. The Morgan fingerprint density at radius 1 is 1.11 bits per heavy atom. The van der Waals surface area contributed by atoms with Crippen molar-refractivity contribution in [1.82, 2.24) is 4.90 Å². The summed E-state index contributed by atoms with van der Waals surface area (Å²) in [5.74, 6) is 0.163. The van der Waals surface area contributed by atoms with Crippen LogP contribution in [0.25, 0.3) is 6.08 Å². The summed E-state index contributed by atoms with van der Waals surface area (Å²) in [4.78, 5) is 41.2. The lowest BCUT2D eigenvalue weighted by Crippen LogP contribution is -2.36. The van der Waals surface area contributed by atoms with Gasteiger partial charge in [0, 0.05) is 24.5 Å². The van der Waals surface area contributed by atoms with Gasteiger partial charge in [0.25, 0.3) is 11.1 Å². The Balaban J connectivity index is 1.38. The third-order valence-corrected chi connectivity index (χ3v) is 6.40. The minimum absolute atomic E-state index is 0.241. The quantitative estimate of drug-likeness (QED) is 0.553. The largest absolute Gasteiger partial charge is 0.493 e. The highest BCUT2D eigenvalue weighted by molar-refractivity contribution is 8.18. The number of ether oxygens (including phenoxy) is 3. The van der Waals surface area contributed by atoms with Crippen LogP contribution in [0.2, 0.25) is 0 Å². The summed E-state index contributed by atoms with van der Waals surface area (Å²) < 4.78 is 16.2. The van der Waals surface area contributed by atoms with Crippen molar-refractivity contribution in [3.8, 4) is 11.5 Å². The van der Waals surface area contributed by atoms with Gasteiger partial charge in [0.2, 0.25) is 5.91 Å². The molecule has 0 spiro atoms. The summed E-state index contributed by atoms with van der Waals surface area (Å²) in [7, 11) is 1.55. The second-order valence-electron chi connectivity index (χ2n) is 7.81. The van der Waals surface area contributed by atoms with Crippen molar-refractivity contribution in [2.24, 2.45) is 0 Å². The van der Waals surface area contributed by atoms with E-state index in [1.807, 2.05) is 19.1 Å². The number of anilines is 2. The summed E-state index contributed by atoms with van der Waals surface area (Å²) >= 11 is 0.803. The molecule has 10 heteroatoms. The number of hydrogen-bond acceptors (Lipinski definition) is 8. The van der Waals surface area contributed by atoms with Gasteiger partial charge in [-0.1, -0.05) is 6.07 Å². The van der Waals surface area contributed by atoms with Crippen LogP contribution < -0.4 is 19.7 Å². The zero-order valence-electron chi connectivity index (χ0n) is 19.6. The van der Waals surface area contributed by atoms with Crippen molar-refractivity contribution in [3.05, 3.63) is 52.9 Å². The Labute approximate surface area is 208 Å². The van der Waals surface area contributed by atoms with Crippen molar-refractivity contribution in [1.29, 1.82) is 0 Å². The van der Waals surface area contributed by atoms with Crippen LogP contribution in [0.1, 0.15) is 12.5 Å². The van der Waals surface area contributed by atoms with Gasteiger partial charge in [-0.05, 0) is 66.7 Å². The average Bonchev–Trinajstić information content (AvgIpc) is 3.12. The molecule has 2 aliphatic heterocycles. The zero-order chi connectivity index (χ0) is 24.8. The summed E-state index contributed by atoms with van der Waals surface area (Å²) in [5, 5.41) is 2.26. The lowest BCUT2D eigenvalue weighted by Gasteiger charge is -2.28. The van der Waals surface area contributed by atoms with Gasteiger partial charge in [-0.25, -0.2) is 0 Å². The molecule has 1 N–H and O–H groups in total. The monoisotopic (exact) mass is 497 g/mol. The van der Waals surface area contributed by atoms with Gasteiger partial charge < -0.3 is 24.4 Å². The minimum atomic E-state index is -0.508. The predicted octanol–water partition coefficient (Wildman–Crippen LogP) is 3.61. The molecular formula is C25H27N3O6S. The Bertz CT molecular complexity index is 1130. The van der Waals surface area contributed by atoms with Crippen molar-refractivity contribution in [2.45, 2.75) is 6.92 Å². The molecule has 0 bridgehead atoms. The molecule has 2 aromatic carbocycles. The van der Waals surface area contributed by atoms with Gasteiger partial charge in [-0.3, -0.25) is 19.3 Å². The van der Waals surface area contributed by atoms with Crippen LogP contribution in [0, 0.1) is 0 Å². The molecule has 2 heterocycles. The van der Waals surface area contributed by atoms with E-state index in [0.717, 1.165) is 35.4 Å². The summed E-state index contributed by atoms with van der Waals surface area (Å²) in [5.41, 5.74) is 2.33. The van der Waals surface area contributed by atoms with Crippen LogP contribution in [0.5, 0.6) is 11.5 Å². The molecule has 0 aromatic heterocycles. The standard InChI is InChI=1S/C25H27N3O6S/c1-3-34-21-14-17(4-9-20(21)32-2)15-22-24(30)28(25(31)35-22)16-23(29)26-18-5-7-19(8-6-18)27-10-12-33-13-11-27/h4-9,14-15H,3,10-13,16H2,1-2H3,(H,26,29)/b22-15+. The number of carbonyl (C=O) groups excluding carboxylic acids is 3. The molecule has 0 unspecified atom stereocenters. The Hall–Kier alpha value is -3.50. The fourth-order valence-corrected chi connectivity index (χ4v) is 4.60. The van der Waals surface area contributed by atoms with Crippen LogP contribution in [0.3, 0.4) is 0 Å². The van der Waals surface area contributed by atoms with E-state index in [4.69, 9.17) is 14.2 Å². The molecule has 184 valence electrons. The fraction of sp³-hybridized carbons (Fsp3) is 0.320. The molecule has 0 atom stereocenters. The highest BCUT2D eigenvalue weighted by Crippen LogP contribution is 2.34. The van der Waals surface area contributed by atoms with Crippen molar-refractivity contribution >= 4 is 46.3 Å². The lowest BCUT2D eigenvalue weighted by atomic mass is 10.2. The molecule has 0 radical (unpaired) electrons. The van der Waals surface area contributed by atoms with Gasteiger partial charge in [0.05, 0.1) is 31.8 Å². The minimum Gasteiger partial charge on any atom is -0.493 e. The van der Waals surface area contributed by atoms with Gasteiger partial charge in [0.15, 0.2) is 11.5 Å². The van der Waals surface area contributed by atoms with Gasteiger partial charge in [-0.15, -0.1) is 0 Å². The maximum atomic E-state index is 12.8. The number of benzene rings is 2. The van der Waals surface area contributed by atoms with E-state index >= 15 is 0 Å². The van der Waals surface area contributed by atoms with Crippen LogP contribution in [0.4, 0.5) is 16.2 Å². The van der Waals surface area contributed by atoms with E-state index in [9.17, 15) is 14.4 Å². The Kier molecular flexibility index (Phi) is 7.94. The van der Waals surface area contributed by atoms with E-state index in [0.29, 0.717) is 42.6 Å². The SMILES string of the molecule is CCOc1cc(/C=C2/SC(=O)N(CC(=O)Nc3ccc(N4CCOCC4)cc3)C2=O)ccc1OC. The summed E-state index contributed by atoms with van der Waals surface area (Å²) in [6.07, 6.45) is 1.61. The van der Waals surface area contributed by atoms with E-state index in [2.05, 4.69) is 10.2 Å². The Morgan fingerprint density at radius 3 is 2.54 bits per heavy atom. The fourth-order valence-electron chi connectivity index (χ4n) is 3.76. The molecule has 3 amide bonds. The number of imide groups is 1. The summed E-state index contributed by atoms with van der Waals surface area (Å²) in [6, 6.07) is 12.7. The number of nitrogens with zero attached hydrogens (tertiary/aromatic N) is 2. The van der Waals surface area contributed by atoms with Crippen LogP contribution in [-0.4, -0.2) is 68.5 Å². The predicted molar refractivity (Wildman–Crippen MR) is 135 cm³/mol. The van der Waals surface area contributed by atoms with Crippen LogP contribution in [0.15, 0.2) is 47.4 Å². The second kappa shape index (κ2) is 11.3. The highest BCUT2D eigenvalue weighted by atomic mass is 32.2. The molecule has 0 aliphatic carbocycles. The molecule has 4 rings (SSSR count). The van der Waals surface area contributed by atoms with Gasteiger partial charge in [0.1, 0.15) is 6.54 Å². The Morgan fingerprint density at radius 2 is 1.86 bits per heavy atom. The number of methoxy groups -OCH3 is 1. The third-order valence-electron chi connectivity index (χ3n) is 5.49. The molecule has 0 saturated carbocycles. The molecule has 2 aromatic rings. The van der Waals surface area contributed by atoms with Gasteiger partial charge >= 0.3 is 0 Å². The van der Waals surface area contributed by atoms with Gasteiger partial charge in [-0.2, -0.15) is 0 Å². The summed E-state index contributed by atoms with van der Waals surface area (Å²) in [6.45, 7) is 4.99. The molecule has 2 fully saturated rings. The number of amides is 3. The first-order valence-corrected chi connectivity index (χ1v) is 12.1.